The van der Waals surface area contributed by atoms with Crippen molar-refractivity contribution in [1.29, 1.82) is 0 Å². The van der Waals surface area contributed by atoms with Gasteiger partial charge in [-0.3, -0.25) is 4.79 Å². The Morgan fingerprint density at radius 2 is 2.17 bits per heavy atom. The second-order valence-electron chi connectivity index (χ2n) is 2.71. The van der Waals surface area contributed by atoms with Gasteiger partial charge in [-0.15, -0.1) is 0 Å². The molecule has 0 aliphatic rings. The van der Waals surface area contributed by atoms with E-state index in [1.54, 1.807) is 11.8 Å². The van der Waals surface area contributed by atoms with E-state index in [9.17, 15) is 4.79 Å². The highest BCUT2D eigenvalue weighted by Gasteiger charge is 2.08. The van der Waals surface area contributed by atoms with E-state index in [2.05, 4.69) is 12.2 Å². The van der Waals surface area contributed by atoms with Gasteiger partial charge in [0.25, 0.3) is 0 Å². The summed E-state index contributed by atoms with van der Waals surface area (Å²) in [7, 11) is 0. The molecule has 12 heavy (non-hydrogen) atoms. The number of nitrogens with one attached hydrogen (secondary N) is 1. The van der Waals surface area contributed by atoms with E-state index in [1.807, 2.05) is 6.26 Å². The number of primary amides is 1. The van der Waals surface area contributed by atoms with Gasteiger partial charge in [-0.25, -0.2) is 0 Å². The smallest absolute Gasteiger partial charge is 0.235 e. The molecule has 2 atom stereocenters. The molecule has 0 aromatic heterocycles. The maximum Gasteiger partial charge on any atom is 0.235 e. The maximum absolute atomic E-state index is 10.5. The molecule has 0 aliphatic heterocycles. The fourth-order valence-electron chi connectivity index (χ4n) is 0.626. The van der Waals surface area contributed by atoms with Crippen LogP contribution in [0.15, 0.2) is 0 Å². The molecule has 0 saturated carbocycles. The van der Waals surface area contributed by atoms with Gasteiger partial charge in [0.1, 0.15) is 0 Å². The minimum Gasteiger partial charge on any atom is -0.368 e. The van der Waals surface area contributed by atoms with Crippen LogP contribution in [0.3, 0.4) is 0 Å². The van der Waals surface area contributed by atoms with Crippen molar-refractivity contribution in [3.8, 4) is 0 Å². The minimum atomic E-state index is -0.570. The number of amides is 1. The molecule has 0 aliphatic carbocycles. The van der Waals surface area contributed by atoms with Crippen LogP contribution >= 0.6 is 11.8 Å². The predicted octanol–water partition coefficient (Wildman–Crippen LogP) is -0.860. The highest BCUT2D eigenvalue weighted by atomic mass is 32.2. The average Bonchev–Trinajstić information content (AvgIpc) is 2.03. The van der Waals surface area contributed by atoms with Gasteiger partial charge in [0.05, 0.1) is 6.04 Å². The number of hydrogen-bond donors (Lipinski definition) is 3. The topological polar surface area (TPSA) is 81.1 Å². The van der Waals surface area contributed by atoms with E-state index < -0.39 is 11.9 Å². The van der Waals surface area contributed by atoms with Gasteiger partial charge in [-0.05, 0) is 6.26 Å². The summed E-state index contributed by atoms with van der Waals surface area (Å²) in [5.74, 6) is -0.459. The van der Waals surface area contributed by atoms with Crippen LogP contribution in [0.1, 0.15) is 6.92 Å². The Balaban J connectivity index is 3.37. The summed E-state index contributed by atoms with van der Waals surface area (Å²) in [5.41, 5.74) is 10.4. The first kappa shape index (κ1) is 11.7. The number of thioether (sulfide) groups is 1. The lowest BCUT2D eigenvalue weighted by molar-refractivity contribution is -0.119. The Kier molecular flexibility index (Phi) is 6.14. The van der Waals surface area contributed by atoms with Gasteiger partial charge in [0.2, 0.25) is 5.91 Å². The van der Waals surface area contributed by atoms with Crippen molar-refractivity contribution >= 4 is 17.7 Å². The molecule has 0 radical (unpaired) electrons. The summed E-state index contributed by atoms with van der Waals surface area (Å²) in [6.45, 7) is 3.41. The monoisotopic (exact) mass is 191 g/mol. The fourth-order valence-corrected chi connectivity index (χ4v) is 0.911. The largest absolute Gasteiger partial charge is 0.368 e. The second-order valence-corrected chi connectivity index (χ2v) is 3.99. The molecule has 0 saturated heterocycles. The fraction of sp³-hybridized carbons (Fsp3) is 0.857. The molecule has 2 unspecified atom stereocenters. The lowest BCUT2D eigenvalue weighted by Crippen LogP contribution is -2.45. The van der Waals surface area contributed by atoms with Crippen LogP contribution in [-0.2, 0) is 4.79 Å². The summed E-state index contributed by atoms with van der Waals surface area (Å²) in [4.78, 5) is 10.5. The molecule has 0 spiro atoms. The van der Waals surface area contributed by atoms with Crippen LogP contribution in [-0.4, -0.2) is 36.5 Å². The van der Waals surface area contributed by atoms with Crippen LogP contribution < -0.4 is 16.8 Å². The number of nitrogens with two attached hydrogens (primary N) is 2. The Morgan fingerprint density at radius 1 is 1.58 bits per heavy atom. The van der Waals surface area contributed by atoms with E-state index in [0.717, 1.165) is 6.54 Å². The van der Waals surface area contributed by atoms with Crippen molar-refractivity contribution in [2.75, 3.05) is 19.3 Å². The minimum absolute atomic E-state index is 0.459. The molecule has 0 aromatic carbocycles. The highest BCUT2D eigenvalue weighted by molar-refractivity contribution is 7.99. The summed E-state index contributed by atoms with van der Waals surface area (Å²) >= 11 is 1.77. The Morgan fingerprint density at radius 3 is 2.58 bits per heavy atom. The number of carbonyl (C=O) groups excluding carboxylic acids is 1. The van der Waals surface area contributed by atoms with Crippen LogP contribution in [0.2, 0.25) is 0 Å². The number of carbonyl (C=O) groups is 1. The van der Waals surface area contributed by atoms with Gasteiger partial charge in [0.15, 0.2) is 0 Å². The average molecular weight is 191 g/mol. The van der Waals surface area contributed by atoms with Crippen LogP contribution in [0, 0.1) is 0 Å². The maximum atomic E-state index is 10.5. The van der Waals surface area contributed by atoms with Gasteiger partial charge in [-0.1, -0.05) is 6.92 Å². The Labute approximate surface area is 77.4 Å². The van der Waals surface area contributed by atoms with Crippen molar-refractivity contribution in [2.45, 2.75) is 18.2 Å². The molecule has 0 fully saturated rings. The first-order valence-electron chi connectivity index (χ1n) is 3.86. The molecule has 5 heteroatoms. The third-order valence-electron chi connectivity index (χ3n) is 1.56. The summed E-state index contributed by atoms with van der Waals surface area (Å²) < 4.78 is 0. The Bertz CT molecular complexity index is 143. The zero-order chi connectivity index (χ0) is 9.56. The van der Waals surface area contributed by atoms with E-state index >= 15 is 0 Å². The summed E-state index contributed by atoms with van der Waals surface area (Å²) in [5, 5.41) is 3.60. The van der Waals surface area contributed by atoms with E-state index in [-0.39, 0.29) is 0 Å². The number of hydrogen-bond acceptors (Lipinski definition) is 4. The van der Waals surface area contributed by atoms with E-state index in [4.69, 9.17) is 11.5 Å². The summed E-state index contributed by atoms with van der Waals surface area (Å²) in [6, 6.07) is -0.570. The van der Waals surface area contributed by atoms with Crippen molar-refractivity contribution in [1.82, 2.24) is 5.32 Å². The first-order chi connectivity index (χ1) is 5.57. The van der Waals surface area contributed by atoms with Crippen molar-refractivity contribution in [2.24, 2.45) is 11.5 Å². The molecular formula is C7H17N3OS. The molecule has 0 rings (SSSR count). The third kappa shape index (κ3) is 5.40. The highest BCUT2D eigenvalue weighted by Crippen LogP contribution is 2.01. The third-order valence-corrected chi connectivity index (χ3v) is 2.54. The lowest BCUT2D eigenvalue weighted by atomic mass is 10.3. The van der Waals surface area contributed by atoms with Gasteiger partial charge in [-0.2, -0.15) is 11.8 Å². The molecular weight excluding hydrogens is 174 g/mol. The molecule has 4 nitrogen and oxygen atoms in total. The van der Waals surface area contributed by atoms with Crippen molar-refractivity contribution in [3.63, 3.8) is 0 Å². The first-order valence-corrected chi connectivity index (χ1v) is 5.15. The SMILES string of the molecule is CSC(C)CNCC(N)C(N)=O. The van der Waals surface area contributed by atoms with Gasteiger partial charge in [0, 0.05) is 18.3 Å². The van der Waals surface area contributed by atoms with Crippen LogP contribution in [0.5, 0.6) is 0 Å². The predicted molar refractivity (Wildman–Crippen MR) is 53.0 cm³/mol. The van der Waals surface area contributed by atoms with Crippen LogP contribution in [0.25, 0.3) is 0 Å². The summed E-state index contributed by atoms with van der Waals surface area (Å²) in [6.07, 6.45) is 2.04. The molecule has 0 heterocycles. The Hall–Kier alpha value is -0.260. The quantitative estimate of drug-likeness (QED) is 0.510. The van der Waals surface area contributed by atoms with E-state index in [1.165, 1.54) is 0 Å². The van der Waals surface area contributed by atoms with Crippen molar-refractivity contribution in [3.05, 3.63) is 0 Å². The number of rotatable bonds is 6. The van der Waals surface area contributed by atoms with E-state index in [0.29, 0.717) is 11.8 Å². The molecule has 5 N–H and O–H groups in total. The molecule has 72 valence electrons. The van der Waals surface area contributed by atoms with Gasteiger partial charge < -0.3 is 16.8 Å². The standard InChI is InChI=1S/C7H17N3OS/c1-5(12-2)3-10-4-6(8)7(9)11/h5-6,10H,3-4,8H2,1-2H3,(H2,9,11). The van der Waals surface area contributed by atoms with Gasteiger partial charge >= 0.3 is 0 Å². The normalized spacial score (nSPS) is 15.6. The molecule has 0 bridgehead atoms. The molecule has 0 aromatic rings. The zero-order valence-electron chi connectivity index (χ0n) is 7.54. The lowest BCUT2D eigenvalue weighted by Gasteiger charge is -2.12. The van der Waals surface area contributed by atoms with Crippen molar-refractivity contribution < 1.29 is 4.79 Å². The van der Waals surface area contributed by atoms with Crippen LogP contribution in [0.4, 0.5) is 0 Å². The zero-order valence-corrected chi connectivity index (χ0v) is 8.36. The molecule has 1 amide bonds. The second kappa shape index (κ2) is 6.28.